The fourth-order valence-corrected chi connectivity index (χ4v) is 2.30. The van der Waals surface area contributed by atoms with E-state index >= 15 is 0 Å². The normalized spacial score (nSPS) is 10.7. The maximum Gasteiger partial charge on any atom is 0.0648 e. The minimum Gasteiger partial charge on any atom is -0.326 e. The highest BCUT2D eigenvalue weighted by Crippen LogP contribution is 2.20. The van der Waals surface area contributed by atoms with Gasteiger partial charge in [-0.05, 0) is 35.7 Å². The maximum atomic E-state index is 5.70. The summed E-state index contributed by atoms with van der Waals surface area (Å²) < 4.78 is 1.90. The van der Waals surface area contributed by atoms with Crippen molar-refractivity contribution < 1.29 is 0 Å². The first kappa shape index (κ1) is 12.6. The van der Waals surface area contributed by atoms with Crippen LogP contribution in [0, 0.1) is 6.92 Å². The summed E-state index contributed by atoms with van der Waals surface area (Å²) >= 11 is 0. The Morgan fingerprint density at radius 1 is 1.05 bits per heavy atom. The van der Waals surface area contributed by atoms with Gasteiger partial charge in [0.2, 0.25) is 0 Å². The van der Waals surface area contributed by atoms with Crippen LogP contribution in [0.5, 0.6) is 0 Å². The lowest BCUT2D eigenvalue weighted by molar-refractivity contribution is 0.876. The van der Waals surface area contributed by atoms with Crippen molar-refractivity contribution in [2.45, 2.75) is 13.5 Å². The second-order valence-corrected chi connectivity index (χ2v) is 4.85. The number of hydrogen-bond donors (Lipinski definition) is 1. The fourth-order valence-electron chi connectivity index (χ4n) is 2.30. The third kappa shape index (κ3) is 2.36. The van der Waals surface area contributed by atoms with E-state index in [0.29, 0.717) is 6.54 Å². The third-order valence-corrected chi connectivity index (χ3v) is 3.50. The van der Waals surface area contributed by atoms with E-state index < -0.39 is 0 Å². The van der Waals surface area contributed by atoms with E-state index in [0.717, 1.165) is 11.3 Å². The smallest absolute Gasteiger partial charge is 0.0648 e. The fraction of sp³-hybridized carbons (Fsp3) is 0.118. The van der Waals surface area contributed by atoms with E-state index in [4.69, 9.17) is 5.73 Å². The molecule has 0 bridgehead atoms. The molecule has 100 valence electrons. The minimum atomic E-state index is 0.570. The zero-order valence-electron chi connectivity index (χ0n) is 11.5. The lowest BCUT2D eigenvalue weighted by atomic mass is 10.1. The van der Waals surface area contributed by atoms with E-state index in [1.807, 2.05) is 35.3 Å². The Bertz CT molecular complexity index is 714. The molecular formula is C17H17N3. The van der Waals surface area contributed by atoms with Crippen LogP contribution in [0.2, 0.25) is 0 Å². The predicted molar refractivity (Wildman–Crippen MR) is 81.6 cm³/mol. The summed E-state index contributed by atoms with van der Waals surface area (Å²) in [6.45, 7) is 2.65. The van der Waals surface area contributed by atoms with Gasteiger partial charge >= 0.3 is 0 Å². The van der Waals surface area contributed by atoms with E-state index in [2.05, 4.69) is 42.4 Å². The highest BCUT2D eigenvalue weighted by molar-refractivity contribution is 5.62. The van der Waals surface area contributed by atoms with Gasteiger partial charge in [-0.2, -0.15) is 5.10 Å². The van der Waals surface area contributed by atoms with Gasteiger partial charge in [-0.15, -0.1) is 0 Å². The summed E-state index contributed by atoms with van der Waals surface area (Å²) in [7, 11) is 0. The van der Waals surface area contributed by atoms with Gasteiger partial charge in [-0.1, -0.05) is 36.4 Å². The topological polar surface area (TPSA) is 43.8 Å². The second-order valence-electron chi connectivity index (χ2n) is 4.85. The monoisotopic (exact) mass is 263 g/mol. The number of benzene rings is 2. The molecule has 0 aliphatic rings. The SMILES string of the molecule is Cc1cc(-n2cc(-c3ccccc3)cn2)ccc1CN. The predicted octanol–water partition coefficient (Wildman–Crippen LogP) is 3.31. The van der Waals surface area contributed by atoms with Gasteiger partial charge in [0.15, 0.2) is 0 Å². The Morgan fingerprint density at radius 2 is 1.85 bits per heavy atom. The molecule has 0 amide bonds. The van der Waals surface area contributed by atoms with Crippen LogP contribution in [0.15, 0.2) is 60.9 Å². The minimum absolute atomic E-state index is 0.570. The van der Waals surface area contributed by atoms with Gasteiger partial charge < -0.3 is 5.73 Å². The highest BCUT2D eigenvalue weighted by atomic mass is 15.3. The number of nitrogens with zero attached hydrogens (tertiary/aromatic N) is 2. The number of aromatic nitrogens is 2. The summed E-state index contributed by atoms with van der Waals surface area (Å²) in [4.78, 5) is 0. The number of hydrogen-bond acceptors (Lipinski definition) is 2. The molecule has 0 spiro atoms. The molecule has 0 unspecified atom stereocenters. The molecule has 3 heteroatoms. The van der Waals surface area contributed by atoms with E-state index in [1.54, 1.807) is 0 Å². The van der Waals surface area contributed by atoms with E-state index in [-0.39, 0.29) is 0 Å². The Morgan fingerprint density at radius 3 is 2.55 bits per heavy atom. The molecule has 3 nitrogen and oxygen atoms in total. The molecule has 20 heavy (non-hydrogen) atoms. The Kier molecular flexibility index (Phi) is 3.35. The van der Waals surface area contributed by atoms with Crippen molar-refractivity contribution in [1.29, 1.82) is 0 Å². The zero-order chi connectivity index (χ0) is 13.9. The van der Waals surface area contributed by atoms with Crippen LogP contribution < -0.4 is 5.73 Å². The van der Waals surface area contributed by atoms with Crippen LogP contribution >= 0.6 is 0 Å². The molecule has 3 rings (SSSR count). The molecule has 0 atom stereocenters. The van der Waals surface area contributed by atoms with Crippen LogP contribution in [0.4, 0.5) is 0 Å². The first-order valence-corrected chi connectivity index (χ1v) is 6.68. The molecule has 1 aromatic heterocycles. The van der Waals surface area contributed by atoms with Crippen LogP contribution in [-0.4, -0.2) is 9.78 Å². The van der Waals surface area contributed by atoms with Crippen molar-refractivity contribution in [2.24, 2.45) is 5.73 Å². The Labute approximate surface area is 118 Å². The van der Waals surface area contributed by atoms with Crippen molar-refractivity contribution in [2.75, 3.05) is 0 Å². The first-order chi connectivity index (χ1) is 9.78. The van der Waals surface area contributed by atoms with Crippen molar-refractivity contribution in [1.82, 2.24) is 9.78 Å². The first-order valence-electron chi connectivity index (χ1n) is 6.68. The van der Waals surface area contributed by atoms with Crippen molar-refractivity contribution >= 4 is 0 Å². The molecule has 0 radical (unpaired) electrons. The molecule has 0 fully saturated rings. The van der Waals surface area contributed by atoms with Gasteiger partial charge in [0.25, 0.3) is 0 Å². The van der Waals surface area contributed by atoms with Crippen LogP contribution in [-0.2, 0) is 6.54 Å². The van der Waals surface area contributed by atoms with Crippen LogP contribution in [0.1, 0.15) is 11.1 Å². The van der Waals surface area contributed by atoms with Gasteiger partial charge in [0.1, 0.15) is 0 Å². The average Bonchev–Trinajstić information content (AvgIpc) is 2.98. The largest absolute Gasteiger partial charge is 0.326 e. The maximum absolute atomic E-state index is 5.70. The molecule has 2 aromatic carbocycles. The van der Waals surface area contributed by atoms with Gasteiger partial charge in [0, 0.05) is 18.3 Å². The zero-order valence-corrected chi connectivity index (χ0v) is 11.5. The molecule has 0 saturated heterocycles. The summed E-state index contributed by atoms with van der Waals surface area (Å²) in [6.07, 6.45) is 3.94. The molecule has 3 aromatic rings. The summed E-state index contributed by atoms with van der Waals surface area (Å²) in [5.41, 5.74) is 11.4. The summed E-state index contributed by atoms with van der Waals surface area (Å²) in [5.74, 6) is 0. The van der Waals surface area contributed by atoms with Gasteiger partial charge in [-0.25, -0.2) is 4.68 Å². The Hall–Kier alpha value is -2.39. The van der Waals surface area contributed by atoms with Crippen LogP contribution in [0.3, 0.4) is 0 Å². The van der Waals surface area contributed by atoms with Crippen molar-refractivity contribution in [3.8, 4) is 16.8 Å². The Balaban J connectivity index is 1.96. The second kappa shape index (κ2) is 5.31. The molecule has 1 heterocycles. The van der Waals surface area contributed by atoms with E-state index in [1.165, 1.54) is 16.7 Å². The molecule has 0 saturated carbocycles. The number of rotatable bonds is 3. The van der Waals surface area contributed by atoms with Crippen LogP contribution in [0.25, 0.3) is 16.8 Å². The lowest BCUT2D eigenvalue weighted by Gasteiger charge is -2.06. The summed E-state index contributed by atoms with van der Waals surface area (Å²) in [5, 5.41) is 4.44. The summed E-state index contributed by atoms with van der Waals surface area (Å²) in [6, 6.07) is 16.5. The lowest BCUT2D eigenvalue weighted by Crippen LogP contribution is -2.01. The standard InChI is InChI=1S/C17H17N3/c1-13-9-17(8-7-15(13)10-18)20-12-16(11-19-20)14-5-3-2-4-6-14/h2-9,11-12H,10,18H2,1H3. The third-order valence-electron chi connectivity index (χ3n) is 3.50. The highest BCUT2D eigenvalue weighted by Gasteiger charge is 2.04. The van der Waals surface area contributed by atoms with Crippen molar-refractivity contribution in [3.05, 3.63) is 72.1 Å². The molecule has 0 aliphatic carbocycles. The average molecular weight is 263 g/mol. The van der Waals surface area contributed by atoms with Crippen molar-refractivity contribution in [3.63, 3.8) is 0 Å². The van der Waals surface area contributed by atoms with Gasteiger partial charge in [0.05, 0.1) is 11.9 Å². The molecule has 2 N–H and O–H groups in total. The molecular weight excluding hydrogens is 246 g/mol. The van der Waals surface area contributed by atoms with E-state index in [9.17, 15) is 0 Å². The molecule has 0 aliphatic heterocycles. The number of aryl methyl sites for hydroxylation is 1. The van der Waals surface area contributed by atoms with Gasteiger partial charge in [-0.3, -0.25) is 0 Å². The number of nitrogens with two attached hydrogens (primary N) is 1. The quantitative estimate of drug-likeness (QED) is 0.788.